The van der Waals surface area contributed by atoms with Crippen molar-refractivity contribution >= 4 is 70.4 Å². The number of rotatable bonds is 8. The molecule has 0 atom stereocenters. The quantitative estimate of drug-likeness (QED) is 0.121. The second-order valence-electron chi connectivity index (χ2n) is 9.38. The van der Waals surface area contributed by atoms with Gasteiger partial charge in [0.15, 0.2) is 0 Å². The Bertz CT molecular complexity index is 1570. The number of nitrogen functional groups attached to an aromatic ring is 4. The summed E-state index contributed by atoms with van der Waals surface area (Å²) in [6.07, 6.45) is 6.82. The Morgan fingerprint density at radius 1 is 0.333 bits per heavy atom. The summed E-state index contributed by atoms with van der Waals surface area (Å²) in [5, 5.41) is 0. The molecule has 8 heteroatoms. The van der Waals surface area contributed by atoms with Crippen LogP contribution in [0.3, 0.4) is 0 Å². The highest BCUT2D eigenvalue weighted by Crippen LogP contribution is 2.40. The van der Waals surface area contributed by atoms with Crippen LogP contribution < -0.4 is 22.9 Å². The number of anilines is 4. The highest BCUT2D eigenvalue weighted by molar-refractivity contribution is 5.96. The largest absolute Gasteiger partial charge is 0.398 e. The van der Waals surface area contributed by atoms with Crippen molar-refractivity contribution in [3.63, 3.8) is 0 Å². The zero-order chi connectivity index (χ0) is 29.3. The molecule has 0 aromatic heterocycles. The molecule has 0 unspecified atom stereocenters. The summed E-state index contributed by atoms with van der Waals surface area (Å²) in [5.41, 5.74) is 32.5. The number of nitrogens with two attached hydrogens (primary N) is 4. The summed E-state index contributed by atoms with van der Waals surface area (Å²) in [6, 6.07) is 33.7. The summed E-state index contributed by atoms with van der Waals surface area (Å²) >= 11 is 0. The summed E-state index contributed by atoms with van der Waals surface area (Å²) in [4.78, 5) is 19.0. The first kappa shape index (κ1) is 27.5. The topological polar surface area (TPSA) is 154 Å². The van der Waals surface area contributed by atoms with Gasteiger partial charge in [0.25, 0.3) is 0 Å². The van der Waals surface area contributed by atoms with Gasteiger partial charge in [-0.2, -0.15) is 0 Å². The molecular formula is C34H30N8. The fourth-order valence-electron chi connectivity index (χ4n) is 4.04. The van der Waals surface area contributed by atoms with Gasteiger partial charge in [0, 0.05) is 69.9 Å². The number of para-hydroxylation sites is 4. The first-order valence-corrected chi connectivity index (χ1v) is 13.2. The molecule has 8 N–H and O–H groups in total. The van der Waals surface area contributed by atoms with Gasteiger partial charge in [0.2, 0.25) is 0 Å². The Morgan fingerprint density at radius 2 is 0.548 bits per heavy atom. The minimum absolute atomic E-state index is 0.565. The Morgan fingerprint density at radius 3 is 0.762 bits per heavy atom. The number of hydrogen-bond acceptors (Lipinski definition) is 8. The molecule has 0 aliphatic rings. The van der Waals surface area contributed by atoms with E-state index >= 15 is 0 Å². The summed E-state index contributed by atoms with van der Waals surface area (Å²) in [7, 11) is 0. The Kier molecular flexibility index (Phi) is 8.45. The molecule has 0 saturated carbocycles. The van der Waals surface area contributed by atoms with Gasteiger partial charge in [-0.05, 0) is 36.4 Å². The van der Waals surface area contributed by atoms with Crippen LogP contribution in [0.2, 0.25) is 0 Å². The van der Waals surface area contributed by atoms with Crippen molar-refractivity contribution in [1.82, 2.24) is 0 Å². The smallest absolute Gasteiger partial charge is 0.0909 e. The maximum atomic E-state index is 6.16. The summed E-state index contributed by atoms with van der Waals surface area (Å²) in [5.74, 6) is 0. The van der Waals surface area contributed by atoms with Crippen LogP contribution >= 0.6 is 0 Å². The second-order valence-corrected chi connectivity index (χ2v) is 9.38. The van der Waals surface area contributed by atoms with Crippen LogP contribution in [-0.2, 0) is 0 Å². The van der Waals surface area contributed by atoms with Gasteiger partial charge in [-0.25, -0.2) is 0 Å². The zero-order valence-electron chi connectivity index (χ0n) is 22.8. The van der Waals surface area contributed by atoms with E-state index < -0.39 is 0 Å². The lowest BCUT2D eigenvalue weighted by atomic mass is 10.1. The van der Waals surface area contributed by atoms with E-state index in [1.807, 2.05) is 109 Å². The normalized spacial score (nSPS) is 11.8. The molecule has 0 fully saturated rings. The average Bonchev–Trinajstić information content (AvgIpc) is 3.00. The van der Waals surface area contributed by atoms with Crippen LogP contribution in [0, 0.1) is 0 Å². The molecule has 5 aromatic rings. The minimum atomic E-state index is 0.565. The molecule has 0 spiro atoms. The van der Waals surface area contributed by atoms with Gasteiger partial charge >= 0.3 is 0 Å². The predicted molar refractivity (Wildman–Crippen MR) is 179 cm³/mol. The maximum Gasteiger partial charge on any atom is 0.0909 e. The van der Waals surface area contributed by atoms with Crippen LogP contribution in [0.4, 0.5) is 45.5 Å². The summed E-state index contributed by atoms with van der Waals surface area (Å²) < 4.78 is 0. The van der Waals surface area contributed by atoms with Crippen molar-refractivity contribution < 1.29 is 0 Å². The lowest BCUT2D eigenvalue weighted by molar-refractivity contribution is 1.40. The van der Waals surface area contributed by atoms with Crippen molar-refractivity contribution in [1.29, 1.82) is 0 Å². The maximum absolute atomic E-state index is 6.16. The molecule has 0 aliphatic heterocycles. The molecule has 0 amide bonds. The monoisotopic (exact) mass is 550 g/mol. The SMILES string of the molecule is Nc1ccccc1/C=N/c1cc(/N=C/c2ccccc2N)c(/N=C/c2ccccc2N)cc1/N=C/c1ccccc1N. The number of benzene rings is 5. The van der Waals surface area contributed by atoms with E-state index in [4.69, 9.17) is 42.9 Å². The summed E-state index contributed by atoms with van der Waals surface area (Å²) in [6.45, 7) is 0. The standard InChI is InChI=1S/C34H30N8/c35-27-13-5-1-9-23(27)19-39-31-17-33(41-21-25-11-3-7-15-29(25)37)34(42-22-26-12-4-8-16-30(26)38)18-32(31)40-20-24-10-2-6-14-28(24)36/h1-22H,35-38H2/b39-19+,40-20+,41-21+,42-22+. The molecule has 5 rings (SSSR count). The molecule has 0 radical (unpaired) electrons. The van der Waals surface area contributed by atoms with Crippen LogP contribution in [0.25, 0.3) is 0 Å². The third-order valence-corrected chi connectivity index (χ3v) is 6.43. The lowest BCUT2D eigenvalue weighted by Crippen LogP contribution is -1.93. The van der Waals surface area contributed by atoms with Gasteiger partial charge in [-0.1, -0.05) is 72.8 Å². The first-order chi connectivity index (χ1) is 20.5. The zero-order valence-corrected chi connectivity index (χ0v) is 22.8. The Hall–Kier alpha value is -6.02. The van der Waals surface area contributed by atoms with Gasteiger partial charge in [-0.3, -0.25) is 20.0 Å². The fourth-order valence-corrected chi connectivity index (χ4v) is 4.04. The van der Waals surface area contributed by atoms with Crippen LogP contribution in [0.5, 0.6) is 0 Å². The van der Waals surface area contributed by atoms with Crippen molar-refractivity contribution in [2.24, 2.45) is 20.0 Å². The van der Waals surface area contributed by atoms with Gasteiger partial charge in [-0.15, -0.1) is 0 Å². The number of nitrogens with zero attached hydrogens (tertiary/aromatic N) is 4. The first-order valence-electron chi connectivity index (χ1n) is 13.2. The molecule has 206 valence electrons. The van der Waals surface area contributed by atoms with Gasteiger partial charge in [0.1, 0.15) is 0 Å². The molecular weight excluding hydrogens is 520 g/mol. The third-order valence-electron chi connectivity index (χ3n) is 6.43. The molecule has 42 heavy (non-hydrogen) atoms. The van der Waals surface area contributed by atoms with E-state index in [0.29, 0.717) is 45.5 Å². The highest BCUT2D eigenvalue weighted by atomic mass is 14.9. The van der Waals surface area contributed by atoms with Crippen LogP contribution in [-0.4, -0.2) is 24.9 Å². The van der Waals surface area contributed by atoms with E-state index in [-0.39, 0.29) is 0 Å². The van der Waals surface area contributed by atoms with E-state index in [1.165, 1.54) is 0 Å². The van der Waals surface area contributed by atoms with Crippen LogP contribution in [0.1, 0.15) is 22.3 Å². The van der Waals surface area contributed by atoms with E-state index in [0.717, 1.165) is 22.3 Å². The van der Waals surface area contributed by atoms with Crippen molar-refractivity contribution in [3.05, 3.63) is 131 Å². The van der Waals surface area contributed by atoms with Gasteiger partial charge in [0.05, 0.1) is 22.7 Å². The van der Waals surface area contributed by atoms with Crippen LogP contribution in [0.15, 0.2) is 129 Å². The van der Waals surface area contributed by atoms with E-state index in [1.54, 1.807) is 24.9 Å². The fraction of sp³-hybridized carbons (Fsp3) is 0. The molecule has 0 aliphatic carbocycles. The number of aliphatic imine (C=N–C) groups is 4. The molecule has 0 heterocycles. The van der Waals surface area contributed by atoms with Gasteiger partial charge < -0.3 is 22.9 Å². The number of hydrogen-bond donors (Lipinski definition) is 4. The van der Waals surface area contributed by atoms with E-state index in [2.05, 4.69) is 0 Å². The van der Waals surface area contributed by atoms with Crippen molar-refractivity contribution in [2.75, 3.05) is 22.9 Å². The molecule has 8 nitrogen and oxygen atoms in total. The molecule has 5 aromatic carbocycles. The average molecular weight is 551 g/mol. The van der Waals surface area contributed by atoms with Crippen molar-refractivity contribution in [3.8, 4) is 0 Å². The Balaban J connectivity index is 1.66. The van der Waals surface area contributed by atoms with Crippen molar-refractivity contribution in [2.45, 2.75) is 0 Å². The molecule has 0 saturated heterocycles. The second kappa shape index (κ2) is 12.9. The van der Waals surface area contributed by atoms with E-state index in [9.17, 15) is 0 Å². The third kappa shape index (κ3) is 6.75. The lowest BCUT2D eigenvalue weighted by Gasteiger charge is -2.08. The predicted octanol–water partition coefficient (Wildman–Crippen LogP) is 7.02. The Labute approximate surface area is 244 Å². The molecule has 0 bridgehead atoms. The highest BCUT2D eigenvalue weighted by Gasteiger charge is 2.10. The minimum Gasteiger partial charge on any atom is -0.398 e.